The zero-order chi connectivity index (χ0) is 16.2. The number of anilines is 1. The number of nitrogens with zero attached hydrogens (tertiary/aromatic N) is 4. The Morgan fingerprint density at radius 3 is 2.91 bits per heavy atom. The van der Waals surface area contributed by atoms with Crippen LogP contribution in [-0.4, -0.2) is 39.3 Å². The van der Waals surface area contributed by atoms with Gasteiger partial charge in [-0.2, -0.15) is 0 Å². The monoisotopic (exact) mass is 317 g/mol. The Kier molecular flexibility index (Phi) is 4.52. The Hall–Kier alpha value is -2.48. The molecule has 2 aromatic rings. The topological polar surface area (TPSA) is 95.1 Å². The molecule has 0 radical (unpaired) electrons. The van der Waals surface area contributed by atoms with Crippen molar-refractivity contribution in [3.8, 4) is 0 Å². The van der Waals surface area contributed by atoms with Gasteiger partial charge in [0.15, 0.2) is 0 Å². The van der Waals surface area contributed by atoms with Crippen LogP contribution in [-0.2, 0) is 16.6 Å². The van der Waals surface area contributed by atoms with Gasteiger partial charge in [-0.05, 0) is 25.8 Å². The summed E-state index contributed by atoms with van der Waals surface area (Å²) < 4.78 is 12.2. The van der Waals surface area contributed by atoms with Crippen molar-refractivity contribution in [2.24, 2.45) is 7.05 Å². The first kappa shape index (κ1) is 15.4. The van der Waals surface area contributed by atoms with E-state index in [0.717, 1.165) is 37.3 Å². The van der Waals surface area contributed by atoms with E-state index in [1.165, 1.54) is 6.08 Å². The van der Waals surface area contributed by atoms with Gasteiger partial charge in [-0.15, -0.1) is 5.10 Å². The predicted octanol–water partition coefficient (Wildman–Crippen LogP) is 1.66. The Morgan fingerprint density at radius 2 is 2.22 bits per heavy atom. The van der Waals surface area contributed by atoms with E-state index < -0.39 is 0 Å². The molecular weight excluding hydrogens is 298 g/mol. The van der Waals surface area contributed by atoms with Gasteiger partial charge in [0.25, 0.3) is 5.91 Å². The second-order valence-corrected chi connectivity index (χ2v) is 5.55. The average Bonchev–Trinajstić information content (AvgIpc) is 3.13. The standard InChI is InChI=1S/C15H19N5O3/c1-10-14(11-5-7-22-8-6-11)18-23-15(10)16-13(21)4-3-12-9-20(2)19-17-12/h3-4,9,11H,5-8H2,1-2H3,(H,16,21)/b4-3+. The molecule has 0 aromatic carbocycles. The molecule has 1 amide bonds. The molecule has 122 valence electrons. The van der Waals surface area contributed by atoms with Crippen LogP contribution in [0.2, 0.25) is 0 Å². The molecule has 23 heavy (non-hydrogen) atoms. The fourth-order valence-electron chi connectivity index (χ4n) is 2.57. The lowest BCUT2D eigenvalue weighted by Crippen LogP contribution is -2.15. The first-order valence-corrected chi connectivity index (χ1v) is 7.53. The van der Waals surface area contributed by atoms with E-state index in [4.69, 9.17) is 9.26 Å². The van der Waals surface area contributed by atoms with Crippen molar-refractivity contribution in [3.05, 3.63) is 29.2 Å². The number of nitrogens with one attached hydrogen (secondary N) is 1. The maximum atomic E-state index is 12.0. The smallest absolute Gasteiger partial charge is 0.250 e. The van der Waals surface area contributed by atoms with Crippen LogP contribution < -0.4 is 5.32 Å². The minimum atomic E-state index is -0.298. The van der Waals surface area contributed by atoms with Gasteiger partial charge in [0.1, 0.15) is 5.69 Å². The molecule has 0 unspecified atom stereocenters. The lowest BCUT2D eigenvalue weighted by atomic mass is 9.94. The van der Waals surface area contributed by atoms with Gasteiger partial charge in [0, 0.05) is 37.8 Å². The highest BCUT2D eigenvalue weighted by Gasteiger charge is 2.23. The van der Waals surface area contributed by atoms with Gasteiger partial charge in [-0.1, -0.05) is 10.4 Å². The van der Waals surface area contributed by atoms with Crippen LogP contribution in [0, 0.1) is 6.92 Å². The number of hydrogen-bond donors (Lipinski definition) is 1. The molecule has 8 nitrogen and oxygen atoms in total. The van der Waals surface area contributed by atoms with Crippen LogP contribution in [0.3, 0.4) is 0 Å². The molecule has 0 bridgehead atoms. The molecule has 1 fully saturated rings. The van der Waals surface area contributed by atoms with E-state index in [9.17, 15) is 4.79 Å². The third-order valence-corrected chi connectivity index (χ3v) is 3.83. The van der Waals surface area contributed by atoms with Gasteiger partial charge >= 0.3 is 0 Å². The summed E-state index contributed by atoms with van der Waals surface area (Å²) >= 11 is 0. The average molecular weight is 317 g/mol. The summed E-state index contributed by atoms with van der Waals surface area (Å²) in [7, 11) is 1.76. The van der Waals surface area contributed by atoms with Crippen LogP contribution in [0.25, 0.3) is 6.08 Å². The van der Waals surface area contributed by atoms with E-state index >= 15 is 0 Å². The van der Waals surface area contributed by atoms with Crippen molar-refractivity contribution >= 4 is 17.9 Å². The zero-order valence-electron chi connectivity index (χ0n) is 13.2. The normalized spacial score (nSPS) is 16.1. The van der Waals surface area contributed by atoms with Gasteiger partial charge in [-0.25, -0.2) is 0 Å². The first-order valence-electron chi connectivity index (χ1n) is 7.53. The number of ether oxygens (including phenoxy) is 1. The molecule has 1 saturated heterocycles. The third-order valence-electron chi connectivity index (χ3n) is 3.83. The Labute approximate surface area is 133 Å². The Morgan fingerprint density at radius 1 is 1.43 bits per heavy atom. The maximum Gasteiger partial charge on any atom is 0.250 e. The van der Waals surface area contributed by atoms with Gasteiger partial charge in [0.2, 0.25) is 5.88 Å². The van der Waals surface area contributed by atoms with Crippen LogP contribution in [0.1, 0.15) is 35.7 Å². The number of rotatable bonds is 4. The van der Waals surface area contributed by atoms with Crippen LogP contribution in [0.5, 0.6) is 0 Å². The zero-order valence-corrected chi connectivity index (χ0v) is 13.2. The largest absolute Gasteiger partial charge is 0.381 e. The van der Waals surface area contributed by atoms with E-state index in [2.05, 4.69) is 20.8 Å². The number of hydrogen-bond acceptors (Lipinski definition) is 6. The van der Waals surface area contributed by atoms with Crippen molar-refractivity contribution < 1.29 is 14.1 Å². The highest BCUT2D eigenvalue weighted by atomic mass is 16.5. The quantitative estimate of drug-likeness (QED) is 0.862. The lowest BCUT2D eigenvalue weighted by molar-refractivity contribution is -0.112. The SMILES string of the molecule is Cc1c(C2CCOCC2)noc1NC(=O)/C=C/c1cn(C)nn1. The highest BCUT2D eigenvalue weighted by molar-refractivity contribution is 6.01. The molecule has 0 spiro atoms. The number of carbonyl (C=O) groups excluding carboxylic acids is 1. The molecule has 1 N–H and O–H groups in total. The third kappa shape index (κ3) is 3.65. The second kappa shape index (κ2) is 6.74. The van der Waals surface area contributed by atoms with Crippen molar-refractivity contribution in [1.82, 2.24) is 20.2 Å². The molecule has 8 heteroatoms. The molecule has 1 aliphatic heterocycles. The van der Waals surface area contributed by atoms with Gasteiger partial charge in [0.05, 0.1) is 11.9 Å². The molecule has 3 rings (SSSR count). The summed E-state index contributed by atoms with van der Waals surface area (Å²) in [5.74, 6) is 0.419. The van der Waals surface area contributed by atoms with E-state index in [1.54, 1.807) is 24.0 Å². The van der Waals surface area contributed by atoms with Crippen LogP contribution in [0.15, 0.2) is 16.8 Å². The fraction of sp³-hybridized carbons (Fsp3) is 0.467. The summed E-state index contributed by atoms with van der Waals surface area (Å²) in [6.45, 7) is 3.38. The van der Waals surface area contributed by atoms with E-state index in [-0.39, 0.29) is 5.91 Å². The van der Waals surface area contributed by atoms with Crippen molar-refractivity contribution in [3.63, 3.8) is 0 Å². The second-order valence-electron chi connectivity index (χ2n) is 5.55. The number of aryl methyl sites for hydroxylation is 1. The predicted molar refractivity (Wildman–Crippen MR) is 82.7 cm³/mol. The Bertz CT molecular complexity index is 713. The van der Waals surface area contributed by atoms with Crippen LogP contribution >= 0.6 is 0 Å². The van der Waals surface area contributed by atoms with Crippen molar-refractivity contribution in [2.45, 2.75) is 25.7 Å². The minimum Gasteiger partial charge on any atom is -0.381 e. The minimum absolute atomic E-state index is 0.298. The molecule has 0 saturated carbocycles. The molecular formula is C15H19N5O3. The molecule has 0 aliphatic carbocycles. The Balaban J connectivity index is 1.64. The van der Waals surface area contributed by atoms with Crippen LogP contribution in [0.4, 0.5) is 5.88 Å². The van der Waals surface area contributed by atoms with Gasteiger partial charge < -0.3 is 9.26 Å². The fourth-order valence-corrected chi connectivity index (χ4v) is 2.57. The maximum absolute atomic E-state index is 12.0. The van der Waals surface area contributed by atoms with Crippen molar-refractivity contribution in [2.75, 3.05) is 18.5 Å². The van der Waals surface area contributed by atoms with E-state index in [0.29, 0.717) is 17.5 Å². The van der Waals surface area contributed by atoms with Crippen molar-refractivity contribution in [1.29, 1.82) is 0 Å². The first-order chi connectivity index (χ1) is 11.1. The van der Waals surface area contributed by atoms with E-state index in [1.807, 2.05) is 6.92 Å². The summed E-state index contributed by atoms with van der Waals surface area (Å²) in [4.78, 5) is 12.0. The molecule has 3 heterocycles. The number of carbonyl (C=O) groups is 1. The molecule has 0 atom stereocenters. The number of amides is 1. The highest BCUT2D eigenvalue weighted by Crippen LogP contribution is 2.31. The summed E-state index contributed by atoms with van der Waals surface area (Å²) in [5, 5.41) is 14.5. The molecule has 2 aromatic heterocycles. The summed E-state index contributed by atoms with van der Waals surface area (Å²) in [6, 6.07) is 0. The molecule has 1 aliphatic rings. The lowest BCUT2D eigenvalue weighted by Gasteiger charge is -2.20. The number of aromatic nitrogens is 4. The summed E-state index contributed by atoms with van der Waals surface area (Å²) in [5.41, 5.74) is 2.39. The summed E-state index contributed by atoms with van der Waals surface area (Å²) in [6.07, 6.45) is 6.54. The van der Waals surface area contributed by atoms with Gasteiger partial charge in [-0.3, -0.25) is 14.8 Å².